The summed E-state index contributed by atoms with van der Waals surface area (Å²) in [7, 11) is 0. The van der Waals surface area contributed by atoms with Gasteiger partial charge in [-0.05, 0) is 37.2 Å². The molecule has 5 heteroatoms. The van der Waals surface area contributed by atoms with Crippen molar-refractivity contribution in [3.8, 4) is 0 Å². The second-order valence-electron chi connectivity index (χ2n) is 6.24. The molecule has 1 aromatic carbocycles. The van der Waals surface area contributed by atoms with E-state index < -0.39 is 0 Å². The first-order valence-corrected chi connectivity index (χ1v) is 8.26. The van der Waals surface area contributed by atoms with Gasteiger partial charge in [0, 0.05) is 12.1 Å². The fraction of sp³-hybridized carbons (Fsp3) is 0.444. The summed E-state index contributed by atoms with van der Waals surface area (Å²) in [5.41, 5.74) is 14.3. The highest BCUT2D eigenvalue weighted by atomic mass is 15.1. The zero-order chi connectivity index (χ0) is 16.7. The molecule has 23 heavy (non-hydrogen) atoms. The fourth-order valence-corrected chi connectivity index (χ4v) is 2.42. The van der Waals surface area contributed by atoms with Crippen molar-refractivity contribution in [3.63, 3.8) is 0 Å². The van der Waals surface area contributed by atoms with Crippen LogP contribution in [0.2, 0.25) is 0 Å². The fourth-order valence-electron chi connectivity index (χ4n) is 2.42. The third kappa shape index (κ3) is 5.43. The third-order valence-electron chi connectivity index (χ3n) is 3.81. The molecule has 124 valence electrons. The second kappa shape index (κ2) is 8.36. The quantitative estimate of drug-likeness (QED) is 0.651. The molecule has 0 amide bonds. The minimum Gasteiger partial charge on any atom is -0.383 e. The van der Waals surface area contributed by atoms with E-state index in [1.54, 1.807) is 0 Å². The van der Waals surface area contributed by atoms with Crippen LogP contribution in [0.25, 0.3) is 0 Å². The molecule has 0 saturated heterocycles. The number of nitrogens with zero attached hydrogens (tertiary/aromatic N) is 2. The van der Waals surface area contributed by atoms with Crippen molar-refractivity contribution in [1.82, 2.24) is 9.97 Å². The molecule has 2 aromatic rings. The van der Waals surface area contributed by atoms with Crippen LogP contribution in [0.1, 0.15) is 37.8 Å². The number of hydrogen-bond acceptors (Lipinski definition) is 5. The molecular weight excluding hydrogens is 286 g/mol. The Bertz CT molecular complexity index is 587. The first-order valence-electron chi connectivity index (χ1n) is 8.26. The molecule has 0 aliphatic rings. The molecule has 1 heterocycles. The van der Waals surface area contributed by atoms with Crippen molar-refractivity contribution in [2.75, 3.05) is 23.3 Å². The van der Waals surface area contributed by atoms with Crippen LogP contribution in [-0.2, 0) is 12.8 Å². The van der Waals surface area contributed by atoms with Crippen LogP contribution in [0.3, 0.4) is 0 Å². The lowest BCUT2D eigenvalue weighted by Crippen LogP contribution is -2.12. The Kier molecular flexibility index (Phi) is 6.20. The standard InChI is InChI=1S/C18H27N5/c1-13(2)10-11-15-16(19)22-18(23-17(15)20)21-12-6-9-14-7-4-3-5-8-14/h3-5,7-8,13H,6,9-12H2,1-2H3,(H5,19,20,21,22,23). The average Bonchev–Trinajstić information content (AvgIpc) is 2.51. The average molecular weight is 313 g/mol. The highest BCUT2D eigenvalue weighted by Crippen LogP contribution is 2.21. The predicted octanol–water partition coefficient (Wildman–Crippen LogP) is 3.27. The van der Waals surface area contributed by atoms with Gasteiger partial charge in [-0.15, -0.1) is 0 Å². The summed E-state index contributed by atoms with van der Waals surface area (Å²) in [4.78, 5) is 8.66. The zero-order valence-electron chi connectivity index (χ0n) is 14.0. The van der Waals surface area contributed by atoms with E-state index in [2.05, 4.69) is 53.4 Å². The van der Waals surface area contributed by atoms with E-state index in [-0.39, 0.29) is 0 Å². The molecule has 0 radical (unpaired) electrons. The van der Waals surface area contributed by atoms with Crippen LogP contribution in [0, 0.1) is 5.92 Å². The van der Waals surface area contributed by atoms with Crippen molar-refractivity contribution in [1.29, 1.82) is 0 Å². The van der Waals surface area contributed by atoms with Gasteiger partial charge in [-0.2, -0.15) is 9.97 Å². The third-order valence-corrected chi connectivity index (χ3v) is 3.81. The molecular formula is C18H27N5. The number of aromatic nitrogens is 2. The lowest BCUT2D eigenvalue weighted by Gasteiger charge is -2.12. The maximum Gasteiger partial charge on any atom is 0.226 e. The lowest BCUT2D eigenvalue weighted by atomic mass is 10.0. The molecule has 0 bridgehead atoms. The van der Waals surface area contributed by atoms with E-state index in [4.69, 9.17) is 11.5 Å². The van der Waals surface area contributed by atoms with Gasteiger partial charge in [0.05, 0.1) is 0 Å². The highest BCUT2D eigenvalue weighted by molar-refractivity contribution is 5.56. The Hall–Kier alpha value is -2.30. The number of nitrogens with one attached hydrogen (secondary N) is 1. The predicted molar refractivity (Wildman–Crippen MR) is 97.3 cm³/mol. The number of benzene rings is 1. The van der Waals surface area contributed by atoms with Gasteiger partial charge in [0.2, 0.25) is 5.95 Å². The topological polar surface area (TPSA) is 89.8 Å². The van der Waals surface area contributed by atoms with Crippen molar-refractivity contribution >= 4 is 17.6 Å². The maximum atomic E-state index is 6.03. The molecule has 0 aliphatic carbocycles. The van der Waals surface area contributed by atoms with Crippen LogP contribution in [0.15, 0.2) is 30.3 Å². The van der Waals surface area contributed by atoms with Crippen LogP contribution < -0.4 is 16.8 Å². The Balaban J connectivity index is 1.86. The molecule has 0 spiro atoms. The SMILES string of the molecule is CC(C)CCc1c(N)nc(NCCCc2ccccc2)nc1N. The lowest BCUT2D eigenvalue weighted by molar-refractivity contribution is 0.587. The monoisotopic (exact) mass is 313 g/mol. The molecule has 0 saturated carbocycles. The van der Waals surface area contributed by atoms with Gasteiger partial charge < -0.3 is 16.8 Å². The summed E-state index contributed by atoms with van der Waals surface area (Å²) >= 11 is 0. The number of nitrogen functional groups attached to an aromatic ring is 2. The van der Waals surface area contributed by atoms with E-state index in [1.165, 1.54) is 5.56 Å². The van der Waals surface area contributed by atoms with Crippen LogP contribution in [0.5, 0.6) is 0 Å². The summed E-state index contributed by atoms with van der Waals surface area (Å²) < 4.78 is 0. The maximum absolute atomic E-state index is 6.03. The van der Waals surface area contributed by atoms with Gasteiger partial charge in [0.25, 0.3) is 0 Å². The first-order chi connectivity index (χ1) is 11.1. The van der Waals surface area contributed by atoms with Crippen LogP contribution in [0.4, 0.5) is 17.6 Å². The molecule has 0 unspecified atom stereocenters. The first kappa shape index (κ1) is 17.1. The van der Waals surface area contributed by atoms with Gasteiger partial charge in [-0.25, -0.2) is 0 Å². The molecule has 0 atom stereocenters. The van der Waals surface area contributed by atoms with Crippen LogP contribution in [-0.4, -0.2) is 16.5 Å². The normalized spacial score (nSPS) is 10.9. The van der Waals surface area contributed by atoms with Crippen molar-refractivity contribution in [3.05, 3.63) is 41.5 Å². The zero-order valence-corrected chi connectivity index (χ0v) is 14.0. The molecule has 0 fully saturated rings. The van der Waals surface area contributed by atoms with Crippen molar-refractivity contribution in [2.45, 2.75) is 39.5 Å². The number of nitrogens with two attached hydrogens (primary N) is 2. The summed E-state index contributed by atoms with van der Waals surface area (Å²) in [6.07, 6.45) is 3.87. The smallest absolute Gasteiger partial charge is 0.226 e. The van der Waals surface area contributed by atoms with E-state index in [0.29, 0.717) is 23.5 Å². The summed E-state index contributed by atoms with van der Waals surface area (Å²) in [6, 6.07) is 10.4. The number of aryl methyl sites for hydroxylation is 1. The van der Waals surface area contributed by atoms with E-state index >= 15 is 0 Å². The largest absolute Gasteiger partial charge is 0.383 e. The number of hydrogen-bond donors (Lipinski definition) is 3. The number of anilines is 3. The minimum absolute atomic E-state index is 0.490. The molecule has 2 rings (SSSR count). The van der Waals surface area contributed by atoms with Crippen molar-refractivity contribution < 1.29 is 0 Å². The van der Waals surface area contributed by atoms with Gasteiger partial charge in [0.15, 0.2) is 0 Å². The molecule has 5 N–H and O–H groups in total. The highest BCUT2D eigenvalue weighted by Gasteiger charge is 2.10. The van der Waals surface area contributed by atoms with Gasteiger partial charge in [0.1, 0.15) is 11.6 Å². The Labute approximate surface area is 138 Å². The van der Waals surface area contributed by atoms with Crippen molar-refractivity contribution in [2.24, 2.45) is 5.92 Å². The number of rotatable bonds is 8. The molecule has 5 nitrogen and oxygen atoms in total. The molecule has 1 aromatic heterocycles. The van der Waals surface area contributed by atoms with Gasteiger partial charge >= 0.3 is 0 Å². The summed E-state index contributed by atoms with van der Waals surface area (Å²) in [5.74, 6) is 2.10. The van der Waals surface area contributed by atoms with Crippen LogP contribution >= 0.6 is 0 Å². The molecule has 0 aliphatic heterocycles. The summed E-state index contributed by atoms with van der Waals surface area (Å²) in [5, 5.41) is 3.21. The summed E-state index contributed by atoms with van der Waals surface area (Å²) in [6.45, 7) is 5.14. The Morgan fingerprint density at radius 3 is 2.26 bits per heavy atom. The van der Waals surface area contributed by atoms with Gasteiger partial charge in [-0.1, -0.05) is 44.2 Å². The Morgan fingerprint density at radius 2 is 1.65 bits per heavy atom. The second-order valence-corrected chi connectivity index (χ2v) is 6.24. The Morgan fingerprint density at radius 1 is 1.00 bits per heavy atom. The van der Waals surface area contributed by atoms with E-state index in [1.807, 2.05) is 6.07 Å². The minimum atomic E-state index is 0.490. The van der Waals surface area contributed by atoms with Gasteiger partial charge in [-0.3, -0.25) is 0 Å². The van der Waals surface area contributed by atoms with E-state index in [9.17, 15) is 0 Å². The van der Waals surface area contributed by atoms with E-state index in [0.717, 1.165) is 37.8 Å².